The number of benzene rings is 1. The Morgan fingerprint density at radius 1 is 1.28 bits per heavy atom. The zero-order chi connectivity index (χ0) is 20.9. The van der Waals surface area contributed by atoms with Crippen LogP contribution in [0.2, 0.25) is 0 Å². The number of alkyl halides is 3. The molecular formula is C19H22F3N5OS. The second-order valence-electron chi connectivity index (χ2n) is 6.56. The Morgan fingerprint density at radius 2 is 2.03 bits per heavy atom. The van der Waals surface area contributed by atoms with Gasteiger partial charge in [0, 0.05) is 38.5 Å². The first kappa shape index (κ1) is 21.1. The second-order valence-corrected chi connectivity index (χ2v) is 7.50. The van der Waals surface area contributed by atoms with Crippen molar-refractivity contribution in [1.82, 2.24) is 20.5 Å². The van der Waals surface area contributed by atoms with Gasteiger partial charge in [-0.15, -0.1) is 11.3 Å². The minimum Gasteiger partial charge on any atom is -0.356 e. The fourth-order valence-electron chi connectivity index (χ4n) is 3.04. The van der Waals surface area contributed by atoms with Crippen LogP contribution in [-0.2, 0) is 30.4 Å². The average Bonchev–Trinajstić information content (AvgIpc) is 3.19. The molecule has 10 heteroatoms. The Bertz CT molecular complexity index is 881. The number of halogens is 3. The third-order valence-corrected chi connectivity index (χ3v) is 5.50. The molecule has 1 aromatic heterocycles. The summed E-state index contributed by atoms with van der Waals surface area (Å²) in [4.78, 5) is 21.9. The molecule has 6 nitrogen and oxygen atoms in total. The molecule has 0 aliphatic carbocycles. The van der Waals surface area contributed by atoms with Crippen molar-refractivity contribution in [3.8, 4) is 0 Å². The highest BCUT2D eigenvalue weighted by Gasteiger charge is 2.33. The van der Waals surface area contributed by atoms with Gasteiger partial charge in [-0.05, 0) is 17.5 Å². The van der Waals surface area contributed by atoms with E-state index in [-0.39, 0.29) is 12.5 Å². The van der Waals surface area contributed by atoms with Crippen LogP contribution in [0.15, 0.2) is 34.6 Å². The number of hydrogen-bond donors (Lipinski definition) is 2. The topological polar surface area (TPSA) is 69.6 Å². The number of amides is 1. The summed E-state index contributed by atoms with van der Waals surface area (Å²) in [5, 5.41) is 7.35. The van der Waals surface area contributed by atoms with Crippen LogP contribution in [0.4, 0.5) is 13.2 Å². The SMILES string of the molecule is CN=C(NCCc1nc(C(F)(F)F)cs1)NCC(=O)N1CCc2ccccc2C1. The van der Waals surface area contributed by atoms with Crippen LogP contribution in [0.1, 0.15) is 21.8 Å². The number of carbonyl (C=O) groups excluding carboxylic acids is 1. The Morgan fingerprint density at radius 3 is 2.72 bits per heavy atom. The molecule has 0 saturated carbocycles. The standard InChI is InChI=1S/C19H22F3N5OS/c1-23-18(24-8-6-16-26-15(12-29-16)19(20,21)22)25-10-17(28)27-9-7-13-4-2-3-5-14(13)11-27/h2-5,12H,6-11H2,1H3,(H2,23,24,25). The van der Waals surface area contributed by atoms with Crippen molar-refractivity contribution in [1.29, 1.82) is 0 Å². The van der Waals surface area contributed by atoms with E-state index in [1.54, 1.807) is 11.9 Å². The lowest BCUT2D eigenvalue weighted by Crippen LogP contribution is -2.46. The highest BCUT2D eigenvalue weighted by atomic mass is 32.1. The molecule has 0 unspecified atom stereocenters. The largest absolute Gasteiger partial charge is 0.434 e. The highest BCUT2D eigenvalue weighted by molar-refractivity contribution is 7.09. The van der Waals surface area contributed by atoms with Crippen molar-refractivity contribution in [2.24, 2.45) is 4.99 Å². The molecule has 29 heavy (non-hydrogen) atoms. The summed E-state index contributed by atoms with van der Waals surface area (Å²) in [5.41, 5.74) is 1.57. The van der Waals surface area contributed by atoms with Crippen molar-refractivity contribution in [3.63, 3.8) is 0 Å². The Kier molecular flexibility index (Phi) is 6.73. The third kappa shape index (κ3) is 5.69. The normalized spacial score (nSPS) is 14.5. The van der Waals surface area contributed by atoms with Gasteiger partial charge in [0.05, 0.1) is 11.6 Å². The van der Waals surface area contributed by atoms with Gasteiger partial charge in [-0.3, -0.25) is 9.79 Å². The molecule has 0 saturated heterocycles. The van der Waals surface area contributed by atoms with Gasteiger partial charge in [0.2, 0.25) is 5.91 Å². The van der Waals surface area contributed by atoms with Crippen LogP contribution in [0.25, 0.3) is 0 Å². The smallest absolute Gasteiger partial charge is 0.356 e. The number of nitrogens with one attached hydrogen (secondary N) is 2. The van der Waals surface area contributed by atoms with Crippen molar-refractivity contribution in [2.75, 3.05) is 26.7 Å². The lowest BCUT2D eigenvalue weighted by atomic mass is 10.00. The van der Waals surface area contributed by atoms with Crippen molar-refractivity contribution in [2.45, 2.75) is 25.6 Å². The molecule has 1 aliphatic heterocycles. The summed E-state index contributed by atoms with van der Waals surface area (Å²) in [6.07, 6.45) is -3.25. The first-order valence-electron chi connectivity index (χ1n) is 9.17. The van der Waals surface area contributed by atoms with E-state index in [9.17, 15) is 18.0 Å². The Labute approximate surface area is 170 Å². The maximum Gasteiger partial charge on any atom is 0.434 e. The molecule has 2 heterocycles. The molecule has 3 rings (SSSR count). The maximum atomic E-state index is 12.6. The van der Waals surface area contributed by atoms with E-state index < -0.39 is 11.9 Å². The third-order valence-electron chi connectivity index (χ3n) is 4.59. The molecule has 156 valence electrons. The molecule has 2 aromatic rings. The summed E-state index contributed by atoms with van der Waals surface area (Å²) in [6, 6.07) is 8.09. The zero-order valence-electron chi connectivity index (χ0n) is 15.9. The molecule has 0 radical (unpaired) electrons. The monoisotopic (exact) mass is 425 g/mol. The van der Waals surface area contributed by atoms with Gasteiger partial charge in [-0.2, -0.15) is 13.2 Å². The summed E-state index contributed by atoms with van der Waals surface area (Å²) in [7, 11) is 1.57. The first-order chi connectivity index (χ1) is 13.9. The van der Waals surface area contributed by atoms with E-state index in [0.717, 1.165) is 28.7 Å². The van der Waals surface area contributed by atoms with Gasteiger partial charge in [0.25, 0.3) is 0 Å². The van der Waals surface area contributed by atoms with Crippen molar-refractivity contribution < 1.29 is 18.0 Å². The number of nitrogens with zero attached hydrogens (tertiary/aromatic N) is 3. The summed E-state index contributed by atoms with van der Waals surface area (Å²) >= 11 is 0.975. The number of thiazole rings is 1. The van der Waals surface area contributed by atoms with Crippen LogP contribution in [0.3, 0.4) is 0 Å². The number of aromatic nitrogens is 1. The molecule has 0 bridgehead atoms. The van der Waals surface area contributed by atoms with Crippen LogP contribution in [0.5, 0.6) is 0 Å². The summed E-state index contributed by atoms with van der Waals surface area (Å²) < 4.78 is 37.7. The predicted octanol–water partition coefficient (Wildman–Crippen LogP) is 2.45. The van der Waals surface area contributed by atoms with Crippen LogP contribution in [-0.4, -0.2) is 48.4 Å². The molecule has 0 spiro atoms. The van der Waals surface area contributed by atoms with E-state index in [1.165, 1.54) is 5.56 Å². The number of aliphatic imine (C=N–C) groups is 1. The highest BCUT2D eigenvalue weighted by Crippen LogP contribution is 2.30. The van der Waals surface area contributed by atoms with Crippen molar-refractivity contribution >= 4 is 23.2 Å². The predicted molar refractivity (Wildman–Crippen MR) is 106 cm³/mol. The van der Waals surface area contributed by atoms with E-state index in [0.29, 0.717) is 37.0 Å². The van der Waals surface area contributed by atoms with Crippen LogP contribution in [0, 0.1) is 0 Å². The molecular weight excluding hydrogens is 403 g/mol. The lowest BCUT2D eigenvalue weighted by molar-refractivity contribution is -0.140. The minimum atomic E-state index is -4.42. The summed E-state index contributed by atoms with van der Waals surface area (Å²) in [5.74, 6) is 0.389. The minimum absolute atomic E-state index is 0.0304. The fraction of sp³-hybridized carbons (Fsp3) is 0.421. The Hall–Kier alpha value is -2.62. The van der Waals surface area contributed by atoms with Gasteiger partial charge >= 0.3 is 6.18 Å². The quantitative estimate of drug-likeness (QED) is 0.570. The van der Waals surface area contributed by atoms with Crippen molar-refractivity contribution in [3.05, 3.63) is 51.5 Å². The number of fused-ring (bicyclic) bond motifs is 1. The van der Waals surface area contributed by atoms with E-state index in [4.69, 9.17) is 0 Å². The zero-order valence-corrected chi connectivity index (χ0v) is 16.7. The molecule has 1 aliphatic rings. The van der Waals surface area contributed by atoms with Gasteiger partial charge in [0.15, 0.2) is 11.7 Å². The molecule has 0 fully saturated rings. The van der Waals surface area contributed by atoms with Gasteiger partial charge in [0.1, 0.15) is 0 Å². The lowest BCUT2D eigenvalue weighted by Gasteiger charge is -2.29. The van der Waals surface area contributed by atoms with E-state index in [1.807, 2.05) is 18.2 Å². The van der Waals surface area contributed by atoms with E-state index in [2.05, 4.69) is 26.7 Å². The number of hydrogen-bond acceptors (Lipinski definition) is 4. The second kappa shape index (κ2) is 9.25. The number of rotatable bonds is 5. The van der Waals surface area contributed by atoms with Gasteiger partial charge < -0.3 is 15.5 Å². The maximum absolute atomic E-state index is 12.6. The molecule has 1 aromatic carbocycles. The average molecular weight is 425 g/mol. The Balaban J connectivity index is 1.42. The summed E-state index contributed by atoms with van der Waals surface area (Å²) in [6.45, 7) is 1.72. The van der Waals surface area contributed by atoms with Gasteiger partial charge in [-0.1, -0.05) is 24.3 Å². The van der Waals surface area contributed by atoms with E-state index >= 15 is 0 Å². The number of carbonyl (C=O) groups is 1. The fourth-order valence-corrected chi connectivity index (χ4v) is 3.85. The molecule has 2 N–H and O–H groups in total. The molecule has 1 amide bonds. The van der Waals surface area contributed by atoms with Crippen LogP contribution < -0.4 is 10.6 Å². The van der Waals surface area contributed by atoms with Crippen LogP contribution >= 0.6 is 11.3 Å². The van der Waals surface area contributed by atoms with Gasteiger partial charge in [-0.25, -0.2) is 4.98 Å². The first-order valence-corrected chi connectivity index (χ1v) is 10.1. The number of guanidine groups is 1. The molecule has 0 atom stereocenters.